The number of benzene rings is 2. The molecule has 1 N–H and O–H groups in total. The van der Waals surface area contributed by atoms with Gasteiger partial charge in [0.1, 0.15) is 5.75 Å². The van der Waals surface area contributed by atoms with Crippen LogP contribution in [0.4, 0.5) is 0 Å². The monoisotopic (exact) mass is 343 g/mol. The summed E-state index contributed by atoms with van der Waals surface area (Å²) in [5.74, 6) is 0.898. The molecule has 4 heteroatoms. The predicted octanol–water partition coefficient (Wildman–Crippen LogP) is 3.99. The molecule has 0 bridgehead atoms. The molecule has 1 aliphatic carbocycles. The summed E-state index contributed by atoms with van der Waals surface area (Å²) in [5.41, 5.74) is 2.62. The highest BCUT2D eigenvalue weighted by molar-refractivity contribution is 7.84. The first-order chi connectivity index (χ1) is 11.6. The van der Waals surface area contributed by atoms with Crippen molar-refractivity contribution in [3.63, 3.8) is 0 Å². The second-order valence-corrected chi connectivity index (χ2v) is 7.85. The molecular weight excluding hydrogens is 318 g/mol. The number of nitrogens with one attached hydrogen (secondary N) is 1. The molecule has 0 aliphatic heterocycles. The predicted molar refractivity (Wildman–Crippen MR) is 98.8 cm³/mol. The van der Waals surface area contributed by atoms with E-state index in [1.165, 1.54) is 24.0 Å². The highest BCUT2D eigenvalue weighted by Gasteiger charge is 2.34. The zero-order valence-corrected chi connectivity index (χ0v) is 15.2. The van der Waals surface area contributed by atoms with Crippen LogP contribution in [-0.2, 0) is 22.9 Å². The molecular formula is C20H25NO2S. The van der Waals surface area contributed by atoms with E-state index in [-0.39, 0.29) is 5.54 Å². The molecule has 128 valence electrons. The van der Waals surface area contributed by atoms with Gasteiger partial charge in [0, 0.05) is 34.0 Å². The zero-order valence-electron chi connectivity index (χ0n) is 14.4. The maximum atomic E-state index is 11.5. The third-order valence-corrected chi connectivity index (χ3v) is 5.92. The van der Waals surface area contributed by atoms with Crippen molar-refractivity contribution < 1.29 is 8.95 Å². The highest BCUT2D eigenvalue weighted by Crippen LogP contribution is 2.39. The first-order valence-electron chi connectivity index (χ1n) is 8.45. The van der Waals surface area contributed by atoms with E-state index >= 15 is 0 Å². The lowest BCUT2D eigenvalue weighted by atomic mass is 9.88. The number of hydrogen-bond donors (Lipinski definition) is 1. The number of methoxy groups -OCH3 is 1. The van der Waals surface area contributed by atoms with Gasteiger partial charge in [-0.1, -0.05) is 37.1 Å². The highest BCUT2D eigenvalue weighted by atomic mass is 32.2. The molecule has 0 heterocycles. The van der Waals surface area contributed by atoms with Crippen LogP contribution >= 0.6 is 0 Å². The largest absolute Gasteiger partial charge is 0.497 e. The Morgan fingerprint density at radius 1 is 1.04 bits per heavy atom. The standard InChI is InChI=1S/C20H25NO2S/c1-23-18-9-7-17(8-10-18)20(13-3-4-14-20)21-15-16-5-11-19(12-6-16)24(2)22/h5-12,21H,3-4,13-15H2,1-2H3/t24-/m0/s1. The molecule has 3 rings (SSSR count). The normalized spacial score (nSPS) is 17.6. The Balaban J connectivity index is 1.74. The van der Waals surface area contributed by atoms with Crippen LogP contribution in [0.15, 0.2) is 53.4 Å². The van der Waals surface area contributed by atoms with Crippen LogP contribution in [0.1, 0.15) is 36.8 Å². The summed E-state index contributed by atoms with van der Waals surface area (Å²) < 4.78 is 16.8. The third-order valence-electron chi connectivity index (χ3n) is 4.99. The van der Waals surface area contributed by atoms with E-state index in [0.29, 0.717) is 0 Å². The average molecular weight is 343 g/mol. The van der Waals surface area contributed by atoms with Crippen LogP contribution in [0.25, 0.3) is 0 Å². The smallest absolute Gasteiger partial charge is 0.118 e. The number of rotatable bonds is 6. The maximum Gasteiger partial charge on any atom is 0.118 e. The van der Waals surface area contributed by atoms with Crippen molar-refractivity contribution in [3.05, 3.63) is 59.7 Å². The lowest BCUT2D eigenvalue weighted by Gasteiger charge is -2.31. The fourth-order valence-electron chi connectivity index (χ4n) is 3.53. The first kappa shape index (κ1) is 17.2. The number of hydrogen-bond acceptors (Lipinski definition) is 3. The molecule has 0 unspecified atom stereocenters. The van der Waals surface area contributed by atoms with Crippen LogP contribution in [0, 0.1) is 0 Å². The average Bonchev–Trinajstić information content (AvgIpc) is 3.10. The minimum atomic E-state index is -0.917. The van der Waals surface area contributed by atoms with Crippen molar-refractivity contribution in [3.8, 4) is 5.75 Å². The fraction of sp³-hybridized carbons (Fsp3) is 0.400. The molecule has 3 nitrogen and oxygen atoms in total. The van der Waals surface area contributed by atoms with Gasteiger partial charge in [-0.25, -0.2) is 0 Å². The van der Waals surface area contributed by atoms with Gasteiger partial charge < -0.3 is 10.1 Å². The van der Waals surface area contributed by atoms with Gasteiger partial charge in [0.25, 0.3) is 0 Å². The Morgan fingerprint density at radius 2 is 1.67 bits per heavy atom. The summed E-state index contributed by atoms with van der Waals surface area (Å²) in [5, 5.41) is 3.80. The minimum Gasteiger partial charge on any atom is -0.497 e. The van der Waals surface area contributed by atoms with Crippen molar-refractivity contribution in [2.75, 3.05) is 13.4 Å². The maximum absolute atomic E-state index is 11.5. The molecule has 0 spiro atoms. The van der Waals surface area contributed by atoms with Gasteiger partial charge in [-0.05, 0) is 48.2 Å². The Kier molecular flexibility index (Phi) is 5.36. The molecule has 0 aromatic heterocycles. The zero-order chi connectivity index (χ0) is 17.0. The summed E-state index contributed by atoms with van der Waals surface area (Å²) in [4.78, 5) is 0.879. The third kappa shape index (κ3) is 3.70. The molecule has 1 saturated carbocycles. The Morgan fingerprint density at radius 3 is 2.21 bits per heavy atom. The van der Waals surface area contributed by atoms with Gasteiger partial charge in [-0.15, -0.1) is 0 Å². The summed E-state index contributed by atoms with van der Waals surface area (Å²) >= 11 is 0. The van der Waals surface area contributed by atoms with Crippen LogP contribution in [0.3, 0.4) is 0 Å². The molecule has 1 fully saturated rings. The molecule has 24 heavy (non-hydrogen) atoms. The summed E-state index contributed by atoms with van der Waals surface area (Å²) in [6.45, 7) is 0.822. The van der Waals surface area contributed by atoms with E-state index in [1.807, 2.05) is 24.3 Å². The first-order valence-corrected chi connectivity index (χ1v) is 10.0. The summed E-state index contributed by atoms with van der Waals surface area (Å²) in [7, 11) is 0.783. The van der Waals surface area contributed by atoms with E-state index in [1.54, 1.807) is 13.4 Å². The summed E-state index contributed by atoms with van der Waals surface area (Å²) in [6.07, 6.45) is 6.55. The molecule has 0 radical (unpaired) electrons. The van der Waals surface area contributed by atoms with Crippen molar-refractivity contribution in [1.29, 1.82) is 0 Å². The van der Waals surface area contributed by atoms with Crippen molar-refractivity contribution in [2.45, 2.75) is 42.7 Å². The van der Waals surface area contributed by atoms with Crippen molar-refractivity contribution >= 4 is 10.8 Å². The van der Waals surface area contributed by atoms with Gasteiger partial charge in [0.15, 0.2) is 0 Å². The van der Waals surface area contributed by atoms with Gasteiger partial charge in [0.2, 0.25) is 0 Å². The molecule has 2 aromatic carbocycles. The van der Waals surface area contributed by atoms with E-state index in [2.05, 4.69) is 29.6 Å². The van der Waals surface area contributed by atoms with Crippen LogP contribution in [0.2, 0.25) is 0 Å². The van der Waals surface area contributed by atoms with E-state index < -0.39 is 10.8 Å². The van der Waals surface area contributed by atoms with Crippen LogP contribution in [0.5, 0.6) is 5.75 Å². The minimum absolute atomic E-state index is 0.0541. The Bertz CT molecular complexity index is 689. The van der Waals surface area contributed by atoms with Crippen LogP contribution < -0.4 is 10.1 Å². The van der Waals surface area contributed by atoms with Gasteiger partial charge in [-0.3, -0.25) is 4.21 Å². The number of ether oxygens (including phenoxy) is 1. The fourth-order valence-corrected chi connectivity index (χ4v) is 4.05. The molecule has 0 saturated heterocycles. The lowest BCUT2D eigenvalue weighted by molar-refractivity contribution is 0.338. The SMILES string of the molecule is COc1ccc(C2(NCc3ccc([S@](C)=O)cc3)CCCC2)cc1. The quantitative estimate of drug-likeness (QED) is 0.862. The second kappa shape index (κ2) is 7.49. The molecule has 1 atom stereocenters. The Hall–Kier alpha value is -1.65. The van der Waals surface area contributed by atoms with E-state index in [0.717, 1.165) is 30.0 Å². The second-order valence-electron chi connectivity index (χ2n) is 6.47. The van der Waals surface area contributed by atoms with E-state index in [9.17, 15) is 4.21 Å². The van der Waals surface area contributed by atoms with Crippen molar-refractivity contribution in [1.82, 2.24) is 5.32 Å². The molecule has 0 amide bonds. The molecule has 1 aliphatic rings. The van der Waals surface area contributed by atoms with Gasteiger partial charge >= 0.3 is 0 Å². The topological polar surface area (TPSA) is 38.3 Å². The van der Waals surface area contributed by atoms with Gasteiger partial charge in [0.05, 0.1) is 7.11 Å². The van der Waals surface area contributed by atoms with Crippen molar-refractivity contribution in [2.24, 2.45) is 0 Å². The van der Waals surface area contributed by atoms with Crippen LogP contribution in [-0.4, -0.2) is 17.6 Å². The van der Waals surface area contributed by atoms with E-state index in [4.69, 9.17) is 4.74 Å². The Labute approximate surface area is 146 Å². The summed E-state index contributed by atoms with van der Waals surface area (Å²) in [6, 6.07) is 16.5. The molecule has 2 aromatic rings. The van der Waals surface area contributed by atoms with Gasteiger partial charge in [-0.2, -0.15) is 0 Å². The lowest BCUT2D eigenvalue weighted by Crippen LogP contribution is -2.39.